The van der Waals surface area contributed by atoms with Gasteiger partial charge in [0.2, 0.25) is 0 Å². The van der Waals surface area contributed by atoms with Crippen LogP contribution in [0.15, 0.2) is 4.99 Å². The van der Waals surface area contributed by atoms with Crippen LogP contribution in [0.1, 0.15) is 39.5 Å². The summed E-state index contributed by atoms with van der Waals surface area (Å²) in [6, 6.07) is 0.923. The first kappa shape index (κ1) is 16.4. The number of nitrogens with one attached hydrogen (secondary N) is 1. The van der Waals surface area contributed by atoms with E-state index in [9.17, 15) is 0 Å². The summed E-state index contributed by atoms with van der Waals surface area (Å²) >= 11 is 2.13. The molecule has 4 nitrogen and oxygen atoms in total. The minimum absolute atomic E-state index is 0.773. The van der Waals surface area contributed by atoms with E-state index >= 15 is 0 Å². The summed E-state index contributed by atoms with van der Waals surface area (Å²) in [6.45, 7) is 11.3. The minimum atomic E-state index is 0.773. The molecule has 2 saturated heterocycles. The molecule has 0 aromatic heterocycles. The van der Waals surface area contributed by atoms with E-state index in [0.717, 1.165) is 49.3 Å². The van der Waals surface area contributed by atoms with Crippen molar-refractivity contribution in [1.82, 2.24) is 15.1 Å². The van der Waals surface area contributed by atoms with E-state index < -0.39 is 0 Å². The minimum Gasteiger partial charge on any atom is -0.357 e. The summed E-state index contributed by atoms with van der Waals surface area (Å²) in [5.41, 5.74) is 0. The summed E-state index contributed by atoms with van der Waals surface area (Å²) in [7, 11) is 0. The maximum Gasteiger partial charge on any atom is 0.193 e. The van der Waals surface area contributed by atoms with E-state index in [1.807, 2.05) is 0 Å². The van der Waals surface area contributed by atoms with Gasteiger partial charge in [0.05, 0.1) is 0 Å². The smallest absolute Gasteiger partial charge is 0.193 e. The Morgan fingerprint density at radius 3 is 2.77 bits per heavy atom. The molecule has 0 spiro atoms. The van der Waals surface area contributed by atoms with Crippen molar-refractivity contribution in [2.24, 2.45) is 10.9 Å². The number of thioether (sulfide) groups is 1. The van der Waals surface area contributed by atoms with Crippen molar-refractivity contribution in [2.75, 3.05) is 45.0 Å². The Hall–Kier alpha value is -0.420. The van der Waals surface area contributed by atoms with E-state index in [1.54, 1.807) is 0 Å². The van der Waals surface area contributed by atoms with Crippen LogP contribution in [0.3, 0.4) is 0 Å². The molecule has 1 N–H and O–H groups in total. The molecule has 5 heteroatoms. The fraction of sp³-hybridized carbons (Fsp3) is 0.941. The number of nitrogens with zero attached hydrogens (tertiary/aromatic N) is 3. The van der Waals surface area contributed by atoms with E-state index in [-0.39, 0.29) is 0 Å². The largest absolute Gasteiger partial charge is 0.357 e. The second kappa shape index (κ2) is 7.91. The molecule has 3 fully saturated rings. The summed E-state index contributed by atoms with van der Waals surface area (Å²) in [6.07, 6.45) is 5.47. The van der Waals surface area contributed by atoms with Gasteiger partial charge in [-0.1, -0.05) is 6.92 Å². The average Bonchev–Trinajstić information content (AvgIpc) is 3.30. The zero-order valence-corrected chi connectivity index (χ0v) is 15.1. The lowest BCUT2D eigenvalue weighted by molar-refractivity contribution is 0.315. The maximum atomic E-state index is 5.00. The molecule has 3 aliphatic rings. The van der Waals surface area contributed by atoms with Gasteiger partial charge in [0, 0.05) is 49.8 Å². The van der Waals surface area contributed by atoms with Gasteiger partial charge in [0.25, 0.3) is 0 Å². The zero-order valence-electron chi connectivity index (χ0n) is 14.3. The number of rotatable bonds is 5. The van der Waals surface area contributed by atoms with Crippen molar-refractivity contribution in [1.29, 1.82) is 0 Å². The van der Waals surface area contributed by atoms with E-state index in [0.29, 0.717) is 0 Å². The first-order chi connectivity index (χ1) is 10.8. The van der Waals surface area contributed by atoms with Crippen LogP contribution < -0.4 is 5.32 Å². The molecule has 126 valence electrons. The van der Waals surface area contributed by atoms with Crippen molar-refractivity contribution in [2.45, 2.75) is 50.8 Å². The molecule has 1 saturated carbocycles. The number of aliphatic imine (C=N–C) groups is 1. The summed E-state index contributed by atoms with van der Waals surface area (Å²) in [5.74, 6) is 3.17. The van der Waals surface area contributed by atoms with Crippen LogP contribution in [-0.4, -0.2) is 72.1 Å². The van der Waals surface area contributed by atoms with Crippen LogP contribution in [0, 0.1) is 5.92 Å². The molecular weight excluding hydrogens is 292 g/mol. The number of guanidine groups is 1. The van der Waals surface area contributed by atoms with Gasteiger partial charge < -0.3 is 15.1 Å². The van der Waals surface area contributed by atoms with Gasteiger partial charge in [0.1, 0.15) is 0 Å². The number of hydrogen-bond acceptors (Lipinski definition) is 3. The second-order valence-electron chi connectivity index (χ2n) is 6.92. The molecule has 0 bridgehead atoms. The summed E-state index contributed by atoms with van der Waals surface area (Å²) in [5, 5.41) is 4.29. The highest BCUT2D eigenvalue weighted by atomic mass is 32.2. The molecule has 0 radical (unpaired) electrons. The van der Waals surface area contributed by atoms with Crippen molar-refractivity contribution in [3.05, 3.63) is 0 Å². The normalized spacial score (nSPS) is 30.8. The van der Waals surface area contributed by atoms with E-state index in [4.69, 9.17) is 4.99 Å². The van der Waals surface area contributed by atoms with Gasteiger partial charge in [-0.3, -0.25) is 4.99 Å². The van der Waals surface area contributed by atoms with Crippen LogP contribution in [0.4, 0.5) is 0 Å². The first-order valence-corrected chi connectivity index (χ1v) is 10.2. The molecule has 0 amide bonds. The monoisotopic (exact) mass is 324 g/mol. The molecule has 2 atom stereocenters. The van der Waals surface area contributed by atoms with Crippen molar-refractivity contribution in [3.63, 3.8) is 0 Å². The first-order valence-electron chi connectivity index (χ1n) is 9.19. The molecule has 0 aromatic rings. The van der Waals surface area contributed by atoms with Crippen LogP contribution in [0.2, 0.25) is 0 Å². The Balaban J connectivity index is 1.53. The molecule has 3 rings (SSSR count). The maximum absolute atomic E-state index is 5.00. The number of hydrogen-bond donors (Lipinski definition) is 1. The molecule has 22 heavy (non-hydrogen) atoms. The lowest BCUT2D eigenvalue weighted by Crippen LogP contribution is -2.48. The molecule has 2 unspecified atom stereocenters. The summed E-state index contributed by atoms with van der Waals surface area (Å²) in [4.78, 5) is 10.2. The SMILES string of the molecule is CCNC(=NCC1CCN(C2CC2)C1)N1CCSC(CC)C1. The standard InChI is InChI=1S/C17H32N4S/c1-3-16-13-21(9-10-22-16)17(18-4-2)19-11-14-7-8-20(12-14)15-5-6-15/h14-16H,3-13H2,1-2H3,(H,18,19). The lowest BCUT2D eigenvalue weighted by Gasteiger charge is -2.34. The second-order valence-corrected chi connectivity index (χ2v) is 8.33. The van der Waals surface area contributed by atoms with Gasteiger partial charge in [-0.25, -0.2) is 0 Å². The van der Waals surface area contributed by atoms with Crippen LogP contribution in [-0.2, 0) is 0 Å². The lowest BCUT2D eigenvalue weighted by atomic mass is 10.1. The highest BCUT2D eigenvalue weighted by Gasteiger charge is 2.34. The van der Waals surface area contributed by atoms with Gasteiger partial charge in [-0.15, -0.1) is 0 Å². The van der Waals surface area contributed by atoms with E-state index in [2.05, 4.69) is 40.7 Å². The van der Waals surface area contributed by atoms with Crippen LogP contribution in [0.5, 0.6) is 0 Å². The summed E-state index contributed by atoms with van der Waals surface area (Å²) < 4.78 is 0. The fourth-order valence-electron chi connectivity index (χ4n) is 3.58. The quantitative estimate of drug-likeness (QED) is 0.621. The third-order valence-electron chi connectivity index (χ3n) is 5.11. The molecule has 2 heterocycles. The zero-order chi connectivity index (χ0) is 15.4. The van der Waals surface area contributed by atoms with Gasteiger partial charge >= 0.3 is 0 Å². The van der Waals surface area contributed by atoms with Gasteiger partial charge in [-0.2, -0.15) is 11.8 Å². The Bertz CT molecular complexity index is 383. The van der Waals surface area contributed by atoms with Gasteiger partial charge in [-0.05, 0) is 45.1 Å². The highest BCUT2D eigenvalue weighted by molar-refractivity contribution is 8.00. The van der Waals surface area contributed by atoms with Crippen molar-refractivity contribution >= 4 is 17.7 Å². The van der Waals surface area contributed by atoms with Crippen LogP contribution in [0.25, 0.3) is 0 Å². The molecular formula is C17H32N4S. The Morgan fingerprint density at radius 2 is 2.05 bits per heavy atom. The topological polar surface area (TPSA) is 30.9 Å². The highest BCUT2D eigenvalue weighted by Crippen LogP contribution is 2.31. The third-order valence-corrected chi connectivity index (χ3v) is 6.48. The van der Waals surface area contributed by atoms with Crippen molar-refractivity contribution in [3.8, 4) is 0 Å². The van der Waals surface area contributed by atoms with Crippen molar-refractivity contribution < 1.29 is 0 Å². The van der Waals surface area contributed by atoms with E-state index in [1.165, 1.54) is 44.5 Å². The Kier molecular flexibility index (Phi) is 5.91. The van der Waals surface area contributed by atoms with Gasteiger partial charge in [0.15, 0.2) is 5.96 Å². The molecule has 1 aliphatic carbocycles. The molecule has 2 aliphatic heterocycles. The predicted molar refractivity (Wildman–Crippen MR) is 96.8 cm³/mol. The third kappa shape index (κ3) is 4.31. The number of likely N-dealkylation sites (tertiary alicyclic amines) is 1. The fourth-order valence-corrected chi connectivity index (χ4v) is 4.76. The average molecular weight is 325 g/mol. The Morgan fingerprint density at radius 1 is 1.18 bits per heavy atom. The Labute approximate surface area is 140 Å². The van der Waals surface area contributed by atoms with Crippen LogP contribution >= 0.6 is 11.8 Å². The predicted octanol–water partition coefficient (Wildman–Crippen LogP) is 2.26. The molecule has 0 aromatic carbocycles.